The first-order valence-electron chi connectivity index (χ1n) is 7.48. The SMILES string of the molecule is C=CC1=C(/C(C)=C(/C)CC)c2c(C)c(O)c(N)c(C)c2C1. The number of aromatic hydroxyl groups is 1. The third-order valence-corrected chi connectivity index (χ3v) is 4.87. The molecule has 1 aromatic rings. The molecule has 0 atom stereocenters. The lowest BCUT2D eigenvalue weighted by Crippen LogP contribution is -2.01. The van der Waals surface area contributed by atoms with Gasteiger partial charge in [0.25, 0.3) is 0 Å². The Morgan fingerprint density at radius 3 is 2.43 bits per heavy atom. The number of allylic oxidation sites excluding steroid dienone is 5. The number of hydrogen-bond donors (Lipinski definition) is 2. The molecule has 0 bridgehead atoms. The summed E-state index contributed by atoms with van der Waals surface area (Å²) in [5, 5.41) is 10.3. The van der Waals surface area contributed by atoms with Gasteiger partial charge in [0, 0.05) is 5.56 Å². The average Bonchev–Trinajstić information content (AvgIpc) is 2.88. The van der Waals surface area contributed by atoms with Crippen molar-refractivity contribution < 1.29 is 5.11 Å². The van der Waals surface area contributed by atoms with Crippen molar-refractivity contribution in [2.75, 3.05) is 5.73 Å². The fourth-order valence-electron chi connectivity index (χ4n) is 3.15. The lowest BCUT2D eigenvalue weighted by Gasteiger charge is -2.17. The Hall–Kier alpha value is -1.96. The molecule has 1 aliphatic carbocycles. The molecule has 112 valence electrons. The van der Waals surface area contributed by atoms with E-state index in [0.717, 1.165) is 29.5 Å². The van der Waals surface area contributed by atoms with Crippen LogP contribution in [0, 0.1) is 13.8 Å². The summed E-state index contributed by atoms with van der Waals surface area (Å²) in [6.45, 7) is 14.4. The van der Waals surface area contributed by atoms with Crippen molar-refractivity contribution in [1.29, 1.82) is 0 Å². The first-order chi connectivity index (χ1) is 9.84. The van der Waals surface area contributed by atoms with Crippen molar-refractivity contribution in [2.45, 2.75) is 47.5 Å². The third kappa shape index (κ3) is 2.19. The van der Waals surface area contributed by atoms with E-state index < -0.39 is 0 Å². The molecule has 2 rings (SSSR count). The summed E-state index contributed by atoms with van der Waals surface area (Å²) in [5.74, 6) is 0.219. The summed E-state index contributed by atoms with van der Waals surface area (Å²) in [6.07, 6.45) is 3.81. The van der Waals surface area contributed by atoms with E-state index in [-0.39, 0.29) is 5.75 Å². The van der Waals surface area contributed by atoms with Gasteiger partial charge in [0.1, 0.15) is 5.75 Å². The van der Waals surface area contributed by atoms with Gasteiger partial charge in [-0.15, -0.1) is 0 Å². The highest BCUT2D eigenvalue weighted by Gasteiger charge is 2.28. The number of phenols is 1. The summed E-state index contributed by atoms with van der Waals surface area (Å²) in [4.78, 5) is 0. The normalized spacial score (nSPS) is 15.1. The molecular weight excluding hydrogens is 258 g/mol. The summed E-state index contributed by atoms with van der Waals surface area (Å²) in [5.41, 5.74) is 15.9. The quantitative estimate of drug-likeness (QED) is 0.616. The Morgan fingerprint density at radius 2 is 1.90 bits per heavy atom. The van der Waals surface area contributed by atoms with E-state index in [9.17, 15) is 5.11 Å². The minimum atomic E-state index is 0.219. The molecular formula is C19H25NO. The van der Waals surface area contributed by atoms with Crippen LogP contribution < -0.4 is 5.73 Å². The van der Waals surface area contributed by atoms with Gasteiger partial charge < -0.3 is 10.8 Å². The Balaban J connectivity index is 2.84. The molecule has 0 amide bonds. The molecule has 0 spiro atoms. The van der Waals surface area contributed by atoms with E-state index in [1.54, 1.807) is 0 Å². The van der Waals surface area contributed by atoms with Gasteiger partial charge in [-0.2, -0.15) is 0 Å². The zero-order valence-electron chi connectivity index (χ0n) is 13.7. The Labute approximate surface area is 127 Å². The van der Waals surface area contributed by atoms with Gasteiger partial charge in [0.15, 0.2) is 0 Å². The number of fused-ring (bicyclic) bond motifs is 1. The van der Waals surface area contributed by atoms with Gasteiger partial charge in [-0.05, 0) is 73.9 Å². The smallest absolute Gasteiger partial charge is 0.142 e. The maximum Gasteiger partial charge on any atom is 0.142 e. The molecule has 0 heterocycles. The number of anilines is 1. The van der Waals surface area contributed by atoms with E-state index in [4.69, 9.17) is 5.73 Å². The highest BCUT2D eigenvalue weighted by Crippen LogP contribution is 2.47. The van der Waals surface area contributed by atoms with Crippen molar-refractivity contribution in [1.82, 2.24) is 0 Å². The largest absolute Gasteiger partial charge is 0.505 e. The molecule has 0 fully saturated rings. The van der Waals surface area contributed by atoms with Crippen LogP contribution in [-0.4, -0.2) is 5.11 Å². The van der Waals surface area contributed by atoms with Crippen LogP contribution in [0.25, 0.3) is 5.57 Å². The second-order valence-corrected chi connectivity index (χ2v) is 5.91. The third-order valence-electron chi connectivity index (χ3n) is 4.87. The number of rotatable bonds is 3. The highest BCUT2D eigenvalue weighted by molar-refractivity contribution is 5.93. The first-order valence-corrected chi connectivity index (χ1v) is 7.48. The molecule has 0 aliphatic heterocycles. The van der Waals surface area contributed by atoms with E-state index in [2.05, 4.69) is 27.4 Å². The topological polar surface area (TPSA) is 46.2 Å². The summed E-state index contributed by atoms with van der Waals surface area (Å²) in [6, 6.07) is 0. The van der Waals surface area contributed by atoms with Crippen LogP contribution in [0.3, 0.4) is 0 Å². The van der Waals surface area contributed by atoms with Crippen molar-refractivity contribution in [3.63, 3.8) is 0 Å². The maximum absolute atomic E-state index is 10.3. The predicted molar refractivity (Wildman–Crippen MR) is 91.5 cm³/mol. The molecule has 2 heteroatoms. The van der Waals surface area contributed by atoms with E-state index in [1.807, 2.05) is 19.9 Å². The van der Waals surface area contributed by atoms with Gasteiger partial charge in [-0.3, -0.25) is 0 Å². The molecule has 0 saturated carbocycles. The minimum Gasteiger partial charge on any atom is -0.505 e. The molecule has 2 nitrogen and oxygen atoms in total. The van der Waals surface area contributed by atoms with E-state index >= 15 is 0 Å². The van der Waals surface area contributed by atoms with E-state index in [0.29, 0.717) is 5.69 Å². The maximum atomic E-state index is 10.3. The first kappa shape index (κ1) is 15.4. The summed E-state index contributed by atoms with van der Waals surface area (Å²) in [7, 11) is 0. The monoisotopic (exact) mass is 283 g/mol. The van der Waals surface area contributed by atoms with Crippen LogP contribution in [0.1, 0.15) is 49.4 Å². The fourth-order valence-corrected chi connectivity index (χ4v) is 3.15. The molecule has 1 aromatic carbocycles. The van der Waals surface area contributed by atoms with Crippen LogP contribution >= 0.6 is 0 Å². The number of hydrogen-bond acceptors (Lipinski definition) is 2. The molecule has 3 N–H and O–H groups in total. The molecule has 21 heavy (non-hydrogen) atoms. The van der Waals surface area contributed by atoms with Gasteiger partial charge >= 0.3 is 0 Å². The standard InChI is InChI=1S/C19H25NO/c1-7-10(3)11(4)16-14(8-2)9-15-12(5)18(20)19(21)13(6)17(15)16/h8,21H,2,7,9,20H2,1,3-6H3/b11-10-. The van der Waals surface area contributed by atoms with Gasteiger partial charge in [-0.1, -0.05) is 25.2 Å². The van der Waals surface area contributed by atoms with Crippen LogP contribution in [-0.2, 0) is 6.42 Å². The second kappa shape index (κ2) is 5.44. The number of benzene rings is 1. The lowest BCUT2D eigenvalue weighted by molar-refractivity contribution is 0.473. The summed E-state index contributed by atoms with van der Waals surface area (Å²) < 4.78 is 0. The van der Waals surface area contributed by atoms with E-state index in [1.165, 1.54) is 27.9 Å². The minimum absolute atomic E-state index is 0.219. The van der Waals surface area contributed by atoms with Crippen LogP contribution in [0.2, 0.25) is 0 Å². The number of nitrogen functional groups attached to an aromatic ring is 1. The number of nitrogens with two attached hydrogens (primary N) is 1. The highest BCUT2D eigenvalue weighted by atomic mass is 16.3. The predicted octanol–water partition coefficient (Wildman–Crippen LogP) is 4.83. The van der Waals surface area contributed by atoms with Crippen molar-refractivity contribution in [2.24, 2.45) is 0 Å². The molecule has 0 unspecified atom stereocenters. The zero-order valence-corrected chi connectivity index (χ0v) is 13.7. The van der Waals surface area contributed by atoms with Crippen LogP contribution in [0.4, 0.5) is 5.69 Å². The van der Waals surface area contributed by atoms with Crippen molar-refractivity contribution in [3.8, 4) is 5.75 Å². The van der Waals surface area contributed by atoms with Crippen molar-refractivity contribution in [3.05, 3.63) is 51.6 Å². The Bertz CT molecular complexity index is 690. The molecule has 0 saturated heterocycles. The zero-order chi connectivity index (χ0) is 15.9. The molecule has 0 radical (unpaired) electrons. The summed E-state index contributed by atoms with van der Waals surface area (Å²) >= 11 is 0. The number of phenolic OH excluding ortho intramolecular Hbond substituents is 1. The van der Waals surface area contributed by atoms with Gasteiger partial charge in [0.2, 0.25) is 0 Å². The Morgan fingerprint density at radius 1 is 1.29 bits per heavy atom. The van der Waals surface area contributed by atoms with Crippen molar-refractivity contribution >= 4 is 11.3 Å². The van der Waals surface area contributed by atoms with Crippen LogP contribution in [0.5, 0.6) is 5.75 Å². The lowest BCUT2D eigenvalue weighted by atomic mass is 9.89. The fraction of sp³-hybridized carbons (Fsp3) is 0.368. The molecule has 0 aromatic heterocycles. The van der Waals surface area contributed by atoms with Gasteiger partial charge in [0.05, 0.1) is 5.69 Å². The molecule has 1 aliphatic rings. The second-order valence-electron chi connectivity index (χ2n) is 5.91. The Kier molecular flexibility index (Phi) is 3.99. The van der Waals surface area contributed by atoms with Gasteiger partial charge in [-0.25, -0.2) is 0 Å². The average molecular weight is 283 g/mol. The van der Waals surface area contributed by atoms with Crippen LogP contribution in [0.15, 0.2) is 29.4 Å².